The highest BCUT2D eigenvalue weighted by Gasteiger charge is 2.16. The Morgan fingerprint density at radius 1 is 1.23 bits per heavy atom. The number of aryl methyl sites for hydroxylation is 2. The third-order valence-corrected chi connectivity index (χ3v) is 5.02. The zero-order chi connectivity index (χ0) is 15.7. The van der Waals surface area contributed by atoms with Gasteiger partial charge in [0.1, 0.15) is 5.76 Å². The molecule has 0 aliphatic heterocycles. The van der Waals surface area contributed by atoms with Crippen molar-refractivity contribution >= 4 is 38.9 Å². The lowest BCUT2D eigenvalue weighted by Crippen LogP contribution is -2.10. The van der Waals surface area contributed by atoms with Crippen molar-refractivity contribution in [2.24, 2.45) is 0 Å². The molecule has 2 aromatic heterocycles. The number of anilines is 1. The maximum absolute atomic E-state index is 12.4. The number of hydrogen-bond acceptors (Lipinski definition) is 4. The standard InChI is InChI=1S/C16H13BrN2O2S/c1-9-15(10(2)21-19-9)13-7-8-14(22-13)16(20)18-12-6-4-3-5-11(12)17/h3-8H,1-2H3,(H,18,20). The fraction of sp³-hybridized carbons (Fsp3) is 0.125. The maximum atomic E-state index is 12.4. The normalized spacial score (nSPS) is 10.7. The average molecular weight is 377 g/mol. The van der Waals surface area contributed by atoms with Crippen LogP contribution in [0.5, 0.6) is 0 Å². The van der Waals surface area contributed by atoms with Crippen LogP contribution in [0.1, 0.15) is 21.1 Å². The summed E-state index contributed by atoms with van der Waals surface area (Å²) >= 11 is 4.85. The molecule has 0 spiro atoms. The number of aromatic nitrogens is 1. The molecule has 112 valence electrons. The highest BCUT2D eigenvalue weighted by atomic mass is 79.9. The van der Waals surface area contributed by atoms with E-state index in [1.807, 2.05) is 50.2 Å². The Labute approximate surface area is 140 Å². The van der Waals surface area contributed by atoms with Gasteiger partial charge in [0.15, 0.2) is 0 Å². The topological polar surface area (TPSA) is 55.1 Å². The molecule has 0 aliphatic rings. The molecule has 0 radical (unpaired) electrons. The van der Waals surface area contributed by atoms with Crippen molar-refractivity contribution in [2.75, 3.05) is 5.32 Å². The van der Waals surface area contributed by atoms with Crippen molar-refractivity contribution in [1.29, 1.82) is 0 Å². The first kappa shape index (κ1) is 15.0. The van der Waals surface area contributed by atoms with Gasteiger partial charge in [0.25, 0.3) is 5.91 Å². The molecule has 0 unspecified atom stereocenters. The van der Waals surface area contributed by atoms with Crippen molar-refractivity contribution < 1.29 is 9.32 Å². The molecule has 2 heterocycles. The minimum atomic E-state index is -0.130. The summed E-state index contributed by atoms with van der Waals surface area (Å²) in [5.74, 6) is 0.632. The van der Waals surface area contributed by atoms with E-state index in [2.05, 4.69) is 26.4 Å². The first-order valence-corrected chi connectivity index (χ1v) is 8.26. The number of rotatable bonds is 3. The van der Waals surface area contributed by atoms with E-state index in [0.717, 1.165) is 32.1 Å². The van der Waals surface area contributed by atoms with Crippen LogP contribution in [-0.2, 0) is 0 Å². The number of nitrogens with one attached hydrogen (secondary N) is 1. The average Bonchev–Trinajstić information content (AvgIpc) is 3.08. The smallest absolute Gasteiger partial charge is 0.265 e. The Kier molecular flexibility index (Phi) is 4.13. The van der Waals surface area contributed by atoms with Gasteiger partial charge in [-0.25, -0.2) is 0 Å². The molecule has 22 heavy (non-hydrogen) atoms. The molecule has 1 amide bonds. The second-order valence-corrected chi connectivity index (χ2v) is 6.74. The minimum Gasteiger partial charge on any atom is -0.361 e. The number of nitrogens with zero attached hydrogens (tertiary/aromatic N) is 1. The van der Waals surface area contributed by atoms with Crippen LogP contribution in [0.3, 0.4) is 0 Å². The second-order valence-electron chi connectivity index (χ2n) is 4.80. The van der Waals surface area contributed by atoms with E-state index >= 15 is 0 Å². The second kappa shape index (κ2) is 6.06. The lowest BCUT2D eigenvalue weighted by Gasteiger charge is -2.05. The number of carbonyl (C=O) groups is 1. The molecule has 0 bridgehead atoms. The van der Waals surface area contributed by atoms with Crippen molar-refractivity contribution in [3.63, 3.8) is 0 Å². The van der Waals surface area contributed by atoms with Gasteiger partial charge in [-0.1, -0.05) is 17.3 Å². The summed E-state index contributed by atoms with van der Waals surface area (Å²) in [6.45, 7) is 3.77. The Bertz CT molecular complexity index is 819. The molecule has 0 aliphatic carbocycles. The van der Waals surface area contributed by atoms with Gasteiger partial charge < -0.3 is 9.84 Å². The van der Waals surface area contributed by atoms with E-state index in [1.54, 1.807) is 0 Å². The Morgan fingerprint density at radius 2 is 2.00 bits per heavy atom. The number of para-hydroxylation sites is 1. The van der Waals surface area contributed by atoms with E-state index in [0.29, 0.717) is 4.88 Å². The van der Waals surface area contributed by atoms with Crippen LogP contribution in [0.15, 0.2) is 45.4 Å². The van der Waals surface area contributed by atoms with Crippen LogP contribution in [0.2, 0.25) is 0 Å². The van der Waals surface area contributed by atoms with Crippen LogP contribution in [0, 0.1) is 13.8 Å². The molecule has 1 aromatic carbocycles. The van der Waals surface area contributed by atoms with E-state index in [9.17, 15) is 4.79 Å². The highest BCUT2D eigenvalue weighted by Crippen LogP contribution is 2.33. The highest BCUT2D eigenvalue weighted by molar-refractivity contribution is 9.10. The van der Waals surface area contributed by atoms with Crippen LogP contribution in [0.4, 0.5) is 5.69 Å². The fourth-order valence-corrected chi connectivity index (χ4v) is 3.61. The largest absolute Gasteiger partial charge is 0.361 e. The van der Waals surface area contributed by atoms with Gasteiger partial charge >= 0.3 is 0 Å². The number of thiophene rings is 1. The summed E-state index contributed by atoms with van der Waals surface area (Å²) in [4.78, 5) is 14.0. The van der Waals surface area contributed by atoms with Gasteiger partial charge in [-0.15, -0.1) is 11.3 Å². The van der Waals surface area contributed by atoms with Gasteiger partial charge in [-0.2, -0.15) is 0 Å². The third kappa shape index (κ3) is 2.84. The van der Waals surface area contributed by atoms with Crippen LogP contribution >= 0.6 is 27.3 Å². The summed E-state index contributed by atoms with van der Waals surface area (Å²) in [6.07, 6.45) is 0. The Balaban J connectivity index is 1.85. The molecule has 3 rings (SSSR count). The molecule has 6 heteroatoms. The lowest BCUT2D eigenvalue weighted by atomic mass is 10.2. The van der Waals surface area contributed by atoms with Crippen LogP contribution in [0.25, 0.3) is 10.4 Å². The lowest BCUT2D eigenvalue weighted by molar-refractivity contribution is 0.103. The van der Waals surface area contributed by atoms with Gasteiger partial charge in [0.2, 0.25) is 0 Å². The molecule has 0 saturated heterocycles. The van der Waals surface area contributed by atoms with Crippen LogP contribution < -0.4 is 5.32 Å². The minimum absolute atomic E-state index is 0.130. The van der Waals surface area contributed by atoms with E-state index < -0.39 is 0 Å². The monoisotopic (exact) mass is 376 g/mol. The predicted octanol–water partition coefficient (Wildman–Crippen LogP) is 5.03. The predicted molar refractivity (Wildman–Crippen MR) is 91.4 cm³/mol. The van der Waals surface area contributed by atoms with Gasteiger partial charge in [-0.05, 0) is 54.0 Å². The quantitative estimate of drug-likeness (QED) is 0.696. The molecule has 0 saturated carbocycles. The zero-order valence-corrected chi connectivity index (χ0v) is 14.4. The summed E-state index contributed by atoms with van der Waals surface area (Å²) < 4.78 is 6.03. The summed E-state index contributed by atoms with van der Waals surface area (Å²) in [6, 6.07) is 11.3. The SMILES string of the molecule is Cc1noc(C)c1-c1ccc(C(=O)Nc2ccccc2Br)s1. The third-order valence-electron chi connectivity index (χ3n) is 3.23. The number of benzene rings is 1. The number of carbonyl (C=O) groups excluding carboxylic acids is 1. The first-order valence-electron chi connectivity index (χ1n) is 6.65. The van der Waals surface area contributed by atoms with E-state index in [-0.39, 0.29) is 5.91 Å². The molecular weight excluding hydrogens is 364 g/mol. The summed E-state index contributed by atoms with van der Waals surface area (Å²) in [7, 11) is 0. The number of amides is 1. The number of hydrogen-bond donors (Lipinski definition) is 1. The number of halogens is 1. The maximum Gasteiger partial charge on any atom is 0.265 e. The van der Waals surface area contributed by atoms with Crippen molar-refractivity contribution in [3.8, 4) is 10.4 Å². The molecule has 0 fully saturated rings. The molecule has 4 nitrogen and oxygen atoms in total. The Morgan fingerprint density at radius 3 is 2.68 bits per heavy atom. The fourth-order valence-electron chi connectivity index (χ4n) is 2.18. The van der Waals surface area contributed by atoms with Gasteiger partial charge in [0, 0.05) is 9.35 Å². The van der Waals surface area contributed by atoms with Crippen LogP contribution in [-0.4, -0.2) is 11.1 Å². The van der Waals surface area contributed by atoms with Gasteiger partial charge in [-0.3, -0.25) is 4.79 Å². The van der Waals surface area contributed by atoms with Crippen molar-refractivity contribution in [3.05, 3.63) is 57.2 Å². The van der Waals surface area contributed by atoms with Crippen molar-refractivity contribution in [2.45, 2.75) is 13.8 Å². The molecule has 3 aromatic rings. The first-order chi connectivity index (χ1) is 10.6. The molecule has 0 atom stereocenters. The van der Waals surface area contributed by atoms with Crippen molar-refractivity contribution in [1.82, 2.24) is 5.16 Å². The molecule has 1 N–H and O–H groups in total. The Hall–Kier alpha value is -1.92. The van der Waals surface area contributed by atoms with E-state index in [4.69, 9.17) is 4.52 Å². The summed E-state index contributed by atoms with van der Waals surface area (Å²) in [5.41, 5.74) is 2.54. The molecular formula is C16H13BrN2O2S. The summed E-state index contributed by atoms with van der Waals surface area (Å²) in [5, 5.41) is 6.85. The van der Waals surface area contributed by atoms with E-state index in [1.165, 1.54) is 11.3 Å². The van der Waals surface area contributed by atoms with Gasteiger partial charge in [0.05, 0.1) is 21.8 Å². The zero-order valence-electron chi connectivity index (χ0n) is 12.0.